The van der Waals surface area contributed by atoms with Gasteiger partial charge in [0.2, 0.25) is 4.96 Å². The summed E-state index contributed by atoms with van der Waals surface area (Å²) in [6.07, 6.45) is 0. The van der Waals surface area contributed by atoms with Gasteiger partial charge in [0.1, 0.15) is 22.1 Å². The molecule has 0 aliphatic heterocycles. The lowest BCUT2D eigenvalue weighted by molar-refractivity contribution is 0.415. The van der Waals surface area contributed by atoms with Crippen molar-refractivity contribution >= 4 is 27.3 Å². The van der Waals surface area contributed by atoms with Crippen molar-refractivity contribution in [2.24, 2.45) is 0 Å². The Hall–Kier alpha value is -3.19. The van der Waals surface area contributed by atoms with Crippen molar-refractivity contribution in [3.8, 4) is 28.5 Å². The van der Waals surface area contributed by atoms with Crippen molar-refractivity contribution in [3.05, 3.63) is 52.5 Å². The molecule has 5 rings (SSSR count). The maximum atomic E-state index is 5.29. The van der Waals surface area contributed by atoms with Crippen LogP contribution in [0.25, 0.3) is 38.8 Å². The highest BCUT2D eigenvalue weighted by Gasteiger charge is 2.22. The average Bonchev–Trinajstić information content (AvgIpc) is 3.36. The molecule has 0 atom stereocenters. The Bertz CT molecular complexity index is 1330. The van der Waals surface area contributed by atoms with Crippen LogP contribution < -0.4 is 4.74 Å². The predicted molar refractivity (Wildman–Crippen MR) is 112 cm³/mol. The van der Waals surface area contributed by atoms with Crippen molar-refractivity contribution in [2.45, 2.75) is 20.8 Å². The zero-order chi connectivity index (χ0) is 19.4. The first-order chi connectivity index (χ1) is 13.5. The van der Waals surface area contributed by atoms with Crippen LogP contribution in [0.3, 0.4) is 0 Å². The van der Waals surface area contributed by atoms with Crippen LogP contribution in [-0.4, -0.2) is 31.7 Å². The molecule has 0 aliphatic rings. The number of ether oxygens (including phenoxy) is 1. The zero-order valence-electron chi connectivity index (χ0n) is 16.1. The van der Waals surface area contributed by atoms with Crippen molar-refractivity contribution in [3.63, 3.8) is 0 Å². The summed E-state index contributed by atoms with van der Waals surface area (Å²) in [7, 11) is 1.67. The van der Waals surface area contributed by atoms with Gasteiger partial charge in [0, 0.05) is 5.56 Å². The first kappa shape index (κ1) is 16.9. The molecular weight excluding hydrogens is 370 g/mol. The lowest BCUT2D eigenvalue weighted by Gasteiger charge is -2.03. The van der Waals surface area contributed by atoms with Crippen molar-refractivity contribution in [1.29, 1.82) is 0 Å². The fourth-order valence-corrected chi connectivity index (χ4v) is 4.17. The maximum Gasteiger partial charge on any atom is 0.213 e. The van der Waals surface area contributed by atoms with E-state index in [4.69, 9.17) is 14.7 Å². The largest absolute Gasteiger partial charge is 0.497 e. The fraction of sp³-hybridized carbons (Fsp3) is 0.190. The molecule has 0 saturated heterocycles. The van der Waals surface area contributed by atoms with E-state index in [9.17, 15) is 0 Å². The highest BCUT2D eigenvalue weighted by Crippen LogP contribution is 2.35. The number of hydrogen-bond acceptors (Lipinski definition) is 5. The second-order valence-electron chi connectivity index (χ2n) is 6.84. The van der Waals surface area contributed by atoms with Gasteiger partial charge in [0.25, 0.3) is 0 Å². The quantitative estimate of drug-likeness (QED) is 0.475. The third-order valence-corrected chi connectivity index (χ3v) is 5.89. The van der Waals surface area contributed by atoms with E-state index in [2.05, 4.69) is 36.1 Å². The van der Waals surface area contributed by atoms with Crippen LogP contribution in [0.4, 0.5) is 0 Å². The van der Waals surface area contributed by atoms with Crippen LogP contribution in [0.2, 0.25) is 0 Å². The number of benzene rings is 2. The minimum Gasteiger partial charge on any atom is -0.497 e. The lowest BCUT2D eigenvalue weighted by Crippen LogP contribution is -1.93. The minimum absolute atomic E-state index is 0.771. The second kappa shape index (κ2) is 6.17. The highest BCUT2D eigenvalue weighted by molar-refractivity contribution is 7.16. The molecule has 28 heavy (non-hydrogen) atoms. The average molecular weight is 389 g/mol. The number of aryl methyl sites for hydroxylation is 3. The summed E-state index contributed by atoms with van der Waals surface area (Å²) in [4.78, 5) is 14.1. The monoisotopic (exact) mass is 389 g/mol. The summed E-state index contributed by atoms with van der Waals surface area (Å²) >= 11 is 1.57. The van der Waals surface area contributed by atoms with Crippen LogP contribution in [0.1, 0.15) is 16.1 Å². The van der Waals surface area contributed by atoms with Gasteiger partial charge in [-0.25, -0.2) is 9.97 Å². The molecule has 1 N–H and O–H groups in total. The Morgan fingerprint density at radius 1 is 1.00 bits per heavy atom. The topological polar surface area (TPSA) is 68.1 Å². The van der Waals surface area contributed by atoms with Crippen LogP contribution >= 0.6 is 11.3 Å². The van der Waals surface area contributed by atoms with Gasteiger partial charge in [0.15, 0.2) is 5.82 Å². The molecule has 6 nitrogen and oxygen atoms in total. The first-order valence-corrected chi connectivity index (χ1v) is 9.83. The summed E-state index contributed by atoms with van der Waals surface area (Å²) in [5.74, 6) is 1.59. The summed E-state index contributed by atoms with van der Waals surface area (Å²) in [6, 6.07) is 12.1. The molecule has 0 fully saturated rings. The maximum absolute atomic E-state index is 5.29. The molecule has 2 aromatic carbocycles. The number of rotatable bonds is 3. The van der Waals surface area contributed by atoms with Gasteiger partial charge < -0.3 is 9.72 Å². The van der Waals surface area contributed by atoms with E-state index in [1.54, 1.807) is 18.4 Å². The second-order valence-corrected chi connectivity index (χ2v) is 8.00. The van der Waals surface area contributed by atoms with Gasteiger partial charge >= 0.3 is 0 Å². The Kier molecular flexibility index (Phi) is 3.73. The Labute approximate surface area is 165 Å². The third kappa shape index (κ3) is 2.51. The molecule has 5 aromatic rings. The zero-order valence-corrected chi connectivity index (χ0v) is 16.9. The number of H-pyrrole nitrogens is 1. The summed E-state index contributed by atoms with van der Waals surface area (Å²) < 4.78 is 7.18. The van der Waals surface area contributed by atoms with E-state index in [0.29, 0.717) is 0 Å². The van der Waals surface area contributed by atoms with E-state index >= 15 is 0 Å². The van der Waals surface area contributed by atoms with Gasteiger partial charge in [-0.15, -0.1) is 0 Å². The number of fused-ring (bicyclic) bond motifs is 2. The van der Waals surface area contributed by atoms with Crippen LogP contribution in [0.15, 0.2) is 36.4 Å². The molecule has 0 aliphatic carbocycles. The molecule has 0 unspecified atom stereocenters. The molecule has 0 amide bonds. The highest BCUT2D eigenvalue weighted by atomic mass is 32.1. The first-order valence-electron chi connectivity index (χ1n) is 9.02. The SMILES string of the molecule is COc1ccc(-c2nc3sc(C)nn3c2-c2nc3c(C)c(C)ccc3[nH]2)cc1. The summed E-state index contributed by atoms with van der Waals surface area (Å²) in [5.41, 5.74) is 7.13. The predicted octanol–water partition coefficient (Wildman–Crippen LogP) is 4.93. The molecule has 0 saturated carbocycles. The van der Waals surface area contributed by atoms with E-state index < -0.39 is 0 Å². The minimum atomic E-state index is 0.771. The third-order valence-electron chi connectivity index (χ3n) is 5.07. The number of aromatic nitrogens is 5. The lowest BCUT2D eigenvalue weighted by atomic mass is 10.1. The van der Waals surface area contributed by atoms with Gasteiger partial charge in [-0.2, -0.15) is 9.61 Å². The van der Waals surface area contributed by atoms with E-state index in [0.717, 1.165) is 49.5 Å². The van der Waals surface area contributed by atoms with E-state index in [1.165, 1.54) is 11.1 Å². The Balaban J connectivity index is 1.78. The fourth-order valence-electron chi connectivity index (χ4n) is 3.43. The molecule has 3 aromatic heterocycles. The van der Waals surface area contributed by atoms with E-state index in [-0.39, 0.29) is 0 Å². The normalized spacial score (nSPS) is 11.6. The smallest absolute Gasteiger partial charge is 0.213 e. The number of aromatic amines is 1. The molecule has 0 spiro atoms. The molecular formula is C21H19N5OS. The molecule has 0 radical (unpaired) electrons. The molecule has 3 heterocycles. The van der Waals surface area contributed by atoms with Crippen LogP contribution in [-0.2, 0) is 0 Å². The Morgan fingerprint density at radius 3 is 2.54 bits per heavy atom. The van der Waals surface area contributed by atoms with Crippen molar-refractivity contribution < 1.29 is 4.74 Å². The summed E-state index contributed by atoms with van der Waals surface area (Å²) in [6.45, 7) is 6.20. The van der Waals surface area contributed by atoms with Gasteiger partial charge in [-0.1, -0.05) is 17.4 Å². The van der Waals surface area contributed by atoms with Crippen LogP contribution in [0.5, 0.6) is 5.75 Å². The van der Waals surface area contributed by atoms with Crippen LogP contribution in [0, 0.1) is 20.8 Å². The number of nitrogens with zero attached hydrogens (tertiary/aromatic N) is 4. The van der Waals surface area contributed by atoms with Gasteiger partial charge in [-0.3, -0.25) is 0 Å². The number of hydrogen-bond donors (Lipinski definition) is 1. The number of methoxy groups -OCH3 is 1. The van der Waals surface area contributed by atoms with Crippen molar-refractivity contribution in [1.82, 2.24) is 24.6 Å². The summed E-state index contributed by atoms with van der Waals surface area (Å²) in [5, 5.41) is 5.63. The molecule has 7 heteroatoms. The standard InChI is InChI=1S/C21H19N5OS/c1-11-5-10-16-17(12(11)2)23-20(22-16)19-18(14-6-8-15(27-4)9-7-14)24-21-26(19)25-13(3)28-21/h5-10H,1-4H3,(H,22,23). The van der Waals surface area contributed by atoms with Gasteiger partial charge in [-0.05, 0) is 62.2 Å². The Morgan fingerprint density at radius 2 is 1.79 bits per heavy atom. The molecule has 140 valence electrons. The van der Waals surface area contributed by atoms with E-state index in [1.807, 2.05) is 35.7 Å². The van der Waals surface area contributed by atoms with Gasteiger partial charge in [0.05, 0.1) is 18.1 Å². The number of imidazole rings is 2. The van der Waals surface area contributed by atoms with Crippen molar-refractivity contribution in [2.75, 3.05) is 7.11 Å². The molecule has 0 bridgehead atoms. The number of nitrogens with one attached hydrogen (secondary N) is 1.